The largest absolute Gasteiger partial charge is 0.461 e. The Balaban J connectivity index is 1.43. The van der Waals surface area contributed by atoms with Crippen LogP contribution in [0.25, 0.3) is 22.5 Å². The minimum Gasteiger partial charge on any atom is -0.461 e. The zero-order chi connectivity index (χ0) is 21.4. The Morgan fingerprint density at radius 3 is 2.35 bits per heavy atom. The molecule has 1 fully saturated rings. The Labute approximate surface area is 181 Å². The molecule has 0 saturated carbocycles. The summed E-state index contributed by atoms with van der Waals surface area (Å²) >= 11 is 0. The number of piperazine rings is 1. The summed E-state index contributed by atoms with van der Waals surface area (Å²) in [6.07, 6.45) is 1.63. The Bertz CT molecular complexity index is 1220. The number of aromatic nitrogens is 2. The van der Waals surface area contributed by atoms with Gasteiger partial charge in [-0.1, -0.05) is 29.3 Å². The van der Waals surface area contributed by atoms with Crippen LogP contribution < -0.4 is 4.90 Å². The molecule has 1 aliphatic heterocycles. The molecule has 0 spiro atoms. The molecule has 156 valence electrons. The van der Waals surface area contributed by atoms with Crippen molar-refractivity contribution in [3.05, 3.63) is 77.6 Å². The number of anilines is 1. The number of amides is 1. The number of rotatable bonds is 3. The van der Waals surface area contributed by atoms with Crippen LogP contribution in [0.1, 0.15) is 21.5 Å². The second-order valence-corrected chi connectivity index (χ2v) is 8.01. The number of carbonyl (C=O) groups excluding carboxylic acids is 1. The van der Waals surface area contributed by atoms with Gasteiger partial charge in [-0.2, -0.15) is 0 Å². The highest BCUT2D eigenvalue weighted by atomic mass is 16.3. The van der Waals surface area contributed by atoms with E-state index in [0.29, 0.717) is 24.7 Å². The molecule has 6 nitrogen and oxygen atoms in total. The van der Waals surface area contributed by atoms with E-state index in [9.17, 15) is 4.79 Å². The SMILES string of the molecule is Cc1ccc(C(=O)N2CCN(c3nc(-c4ccco4)nc4ccc(C)cc34)CC2)cc1. The second kappa shape index (κ2) is 7.87. The molecule has 0 bridgehead atoms. The molecular formula is C25H24N4O2. The molecule has 1 amide bonds. The fourth-order valence-corrected chi connectivity index (χ4v) is 3.98. The summed E-state index contributed by atoms with van der Waals surface area (Å²) in [5, 5.41) is 1.02. The van der Waals surface area contributed by atoms with Gasteiger partial charge < -0.3 is 14.2 Å². The minimum absolute atomic E-state index is 0.0827. The third-order valence-electron chi connectivity index (χ3n) is 5.74. The number of hydrogen-bond donors (Lipinski definition) is 0. The quantitative estimate of drug-likeness (QED) is 0.497. The van der Waals surface area contributed by atoms with Crippen LogP contribution in [0.3, 0.4) is 0 Å². The zero-order valence-corrected chi connectivity index (χ0v) is 17.7. The summed E-state index contributed by atoms with van der Waals surface area (Å²) in [5.74, 6) is 2.20. The molecule has 0 unspecified atom stereocenters. The molecule has 0 aliphatic carbocycles. The summed E-state index contributed by atoms with van der Waals surface area (Å²) in [4.78, 5) is 26.6. The average Bonchev–Trinajstić information content (AvgIpc) is 3.34. The molecule has 0 radical (unpaired) electrons. The maximum Gasteiger partial charge on any atom is 0.253 e. The first-order valence-corrected chi connectivity index (χ1v) is 10.5. The van der Waals surface area contributed by atoms with Crippen molar-refractivity contribution < 1.29 is 9.21 Å². The summed E-state index contributed by atoms with van der Waals surface area (Å²) in [6, 6.07) is 17.7. The number of hydrogen-bond acceptors (Lipinski definition) is 5. The van der Waals surface area contributed by atoms with Gasteiger partial charge in [-0.3, -0.25) is 4.79 Å². The molecule has 5 rings (SSSR count). The van der Waals surface area contributed by atoms with Crippen molar-refractivity contribution in [2.24, 2.45) is 0 Å². The van der Waals surface area contributed by atoms with E-state index in [1.807, 2.05) is 54.3 Å². The smallest absolute Gasteiger partial charge is 0.253 e. The van der Waals surface area contributed by atoms with Gasteiger partial charge in [-0.25, -0.2) is 9.97 Å². The van der Waals surface area contributed by atoms with Crippen molar-refractivity contribution in [1.29, 1.82) is 0 Å². The molecule has 31 heavy (non-hydrogen) atoms. The second-order valence-electron chi connectivity index (χ2n) is 8.01. The molecule has 0 atom stereocenters. The standard InChI is InChI=1S/C25H24N4O2/c1-17-5-8-19(9-6-17)25(30)29-13-11-28(12-14-29)24-20-16-18(2)7-10-21(20)26-23(27-24)22-4-3-15-31-22/h3-10,15-16H,11-14H2,1-2H3. The Kier molecular flexibility index (Phi) is 4.90. The maximum absolute atomic E-state index is 12.9. The van der Waals surface area contributed by atoms with Crippen molar-refractivity contribution >= 4 is 22.6 Å². The third-order valence-corrected chi connectivity index (χ3v) is 5.74. The van der Waals surface area contributed by atoms with Gasteiger partial charge in [0.1, 0.15) is 5.82 Å². The number of aryl methyl sites for hydroxylation is 2. The molecule has 1 aliphatic rings. The first-order chi connectivity index (χ1) is 15.1. The number of nitrogens with zero attached hydrogens (tertiary/aromatic N) is 4. The minimum atomic E-state index is 0.0827. The van der Waals surface area contributed by atoms with Gasteiger partial charge in [-0.15, -0.1) is 0 Å². The van der Waals surface area contributed by atoms with Crippen molar-refractivity contribution in [3.63, 3.8) is 0 Å². The van der Waals surface area contributed by atoms with Gasteiger partial charge in [0, 0.05) is 37.1 Å². The third kappa shape index (κ3) is 3.77. The summed E-state index contributed by atoms with van der Waals surface area (Å²) in [5.41, 5.74) is 3.94. The highest BCUT2D eigenvalue weighted by Gasteiger charge is 2.25. The predicted octanol–water partition coefficient (Wildman–Crippen LogP) is 4.47. The molecule has 0 N–H and O–H groups in total. The summed E-state index contributed by atoms with van der Waals surface area (Å²) < 4.78 is 5.54. The lowest BCUT2D eigenvalue weighted by Crippen LogP contribution is -2.49. The number of furan rings is 1. The van der Waals surface area contributed by atoms with Crippen LogP contribution in [0.4, 0.5) is 5.82 Å². The van der Waals surface area contributed by atoms with E-state index in [0.717, 1.165) is 46.5 Å². The van der Waals surface area contributed by atoms with Gasteiger partial charge >= 0.3 is 0 Å². The molecule has 3 heterocycles. The topological polar surface area (TPSA) is 62.5 Å². The molecule has 2 aromatic carbocycles. The Morgan fingerprint density at radius 2 is 1.65 bits per heavy atom. The van der Waals surface area contributed by atoms with Crippen molar-refractivity contribution in [2.45, 2.75) is 13.8 Å². The van der Waals surface area contributed by atoms with Crippen molar-refractivity contribution in [2.75, 3.05) is 31.1 Å². The number of benzene rings is 2. The summed E-state index contributed by atoms with van der Waals surface area (Å²) in [7, 11) is 0. The number of carbonyl (C=O) groups is 1. The zero-order valence-electron chi connectivity index (χ0n) is 17.7. The van der Waals surface area contributed by atoms with Crippen LogP contribution in [-0.2, 0) is 0 Å². The van der Waals surface area contributed by atoms with Gasteiger partial charge in [0.25, 0.3) is 5.91 Å². The summed E-state index contributed by atoms with van der Waals surface area (Å²) in [6.45, 7) is 6.84. The van der Waals surface area contributed by atoms with Crippen LogP contribution in [0, 0.1) is 13.8 Å². The molecule has 2 aromatic heterocycles. The van der Waals surface area contributed by atoms with Gasteiger partial charge in [-0.05, 0) is 50.2 Å². The van der Waals surface area contributed by atoms with E-state index in [1.165, 1.54) is 0 Å². The molecule has 6 heteroatoms. The first kappa shape index (κ1) is 19.3. The van der Waals surface area contributed by atoms with E-state index < -0.39 is 0 Å². The van der Waals surface area contributed by atoms with Gasteiger partial charge in [0.2, 0.25) is 0 Å². The Morgan fingerprint density at radius 1 is 0.903 bits per heavy atom. The van der Waals surface area contributed by atoms with Gasteiger partial charge in [0.15, 0.2) is 11.6 Å². The maximum atomic E-state index is 12.9. The van der Waals surface area contributed by atoms with E-state index in [4.69, 9.17) is 14.4 Å². The molecular weight excluding hydrogens is 388 g/mol. The van der Waals surface area contributed by atoms with E-state index in [2.05, 4.69) is 24.0 Å². The molecule has 4 aromatic rings. The van der Waals surface area contributed by atoms with E-state index in [-0.39, 0.29) is 5.91 Å². The Hall–Kier alpha value is -3.67. The van der Waals surface area contributed by atoms with Crippen LogP contribution in [0.2, 0.25) is 0 Å². The fraction of sp³-hybridized carbons (Fsp3) is 0.240. The highest BCUT2D eigenvalue weighted by Crippen LogP contribution is 2.29. The van der Waals surface area contributed by atoms with Crippen molar-refractivity contribution in [1.82, 2.24) is 14.9 Å². The van der Waals surface area contributed by atoms with E-state index >= 15 is 0 Å². The van der Waals surface area contributed by atoms with Crippen LogP contribution in [0.15, 0.2) is 65.3 Å². The van der Waals surface area contributed by atoms with E-state index in [1.54, 1.807) is 6.26 Å². The lowest BCUT2D eigenvalue weighted by Gasteiger charge is -2.36. The lowest BCUT2D eigenvalue weighted by atomic mass is 10.1. The average molecular weight is 412 g/mol. The van der Waals surface area contributed by atoms with Crippen LogP contribution in [-0.4, -0.2) is 47.0 Å². The highest BCUT2D eigenvalue weighted by molar-refractivity contribution is 5.95. The van der Waals surface area contributed by atoms with Gasteiger partial charge in [0.05, 0.1) is 11.8 Å². The predicted molar refractivity (Wildman–Crippen MR) is 121 cm³/mol. The fourth-order valence-electron chi connectivity index (χ4n) is 3.98. The first-order valence-electron chi connectivity index (χ1n) is 10.5. The number of fused-ring (bicyclic) bond motifs is 1. The molecule has 1 saturated heterocycles. The van der Waals surface area contributed by atoms with Crippen LogP contribution in [0.5, 0.6) is 0 Å². The monoisotopic (exact) mass is 412 g/mol. The van der Waals surface area contributed by atoms with Crippen molar-refractivity contribution in [3.8, 4) is 11.6 Å². The van der Waals surface area contributed by atoms with Crippen LogP contribution >= 0.6 is 0 Å². The normalized spacial score (nSPS) is 14.3. The lowest BCUT2D eigenvalue weighted by molar-refractivity contribution is 0.0746.